The number of alkyl halides is 3. The third kappa shape index (κ3) is 2.91. The Balaban J connectivity index is 1.90. The third-order valence-electron chi connectivity index (χ3n) is 4.14. The van der Waals surface area contributed by atoms with E-state index in [1.165, 1.54) is 10.0 Å². The number of methoxy groups -OCH3 is 1. The molecule has 0 fully saturated rings. The zero-order valence-corrected chi connectivity index (χ0v) is 13.6. The number of aliphatic imine (C=N–C) groups is 1. The largest absolute Gasteiger partial charge is 0.497 e. The van der Waals surface area contributed by atoms with Crippen LogP contribution in [0.15, 0.2) is 52.9 Å². The minimum atomic E-state index is -4.29. The summed E-state index contributed by atoms with van der Waals surface area (Å²) >= 11 is 0. The average molecular weight is 337 g/mol. The molecule has 3 rings (SSSR count). The van der Waals surface area contributed by atoms with Crippen molar-refractivity contribution in [3.63, 3.8) is 0 Å². The van der Waals surface area contributed by atoms with Gasteiger partial charge in [-0.15, -0.1) is 0 Å². The molecule has 4 nitrogen and oxygen atoms in total. The normalized spacial score (nSPS) is 19.4. The molecule has 0 aromatic heterocycles. The first kappa shape index (κ1) is 16.6. The van der Waals surface area contributed by atoms with E-state index in [0.717, 1.165) is 12.5 Å². The van der Waals surface area contributed by atoms with Crippen molar-refractivity contribution in [1.29, 1.82) is 0 Å². The first-order valence-electron chi connectivity index (χ1n) is 7.56. The molecule has 0 saturated heterocycles. The van der Waals surface area contributed by atoms with Crippen LogP contribution in [0.25, 0.3) is 0 Å². The second-order valence-electron chi connectivity index (χ2n) is 5.73. The molecule has 0 radical (unpaired) electrons. The molecule has 2 aliphatic rings. The third-order valence-corrected chi connectivity index (χ3v) is 4.14. The topological polar surface area (TPSA) is 28.1 Å². The Morgan fingerprint density at radius 1 is 1.29 bits per heavy atom. The van der Waals surface area contributed by atoms with E-state index in [4.69, 9.17) is 4.74 Å². The van der Waals surface area contributed by atoms with Crippen molar-refractivity contribution < 1.29 is 17.9 Å². The van der Waals surface area contributed by atoms with Crippen molar-refractivity contribution >= 4 is 5.71 Å². The molecule has 1 aromatic rings. The van der Waals surface area contributed by atoms with E-state index in [9.17, 15) is 13.2 Å². The van der Waals surface area contributed by atoms with Crippen LogP contribution in [0.3, 0.4) is 0 Å². The first-order chi connectivity index (χ1) is 11.3. The van der Waals surface area contributed by atoms with Gasteiger partial charge in [-0.1, -0.05) is 12.1 Å². The van der Waals surface area contributed by atoms with Crippen LogP contribution >= 0.6 is 0 Å². The van der Waals surface area contributed by atoms with Gasteiger partial charge in [0.05, 0.1) is 12.8 Å². The minimum Gasteiger partial charge on any atom is -0.497 e. The second kappa shape index (κ2) is 5.98. The fourth-order valence-electron chi connectivity index (χ4n) is 2.80. The Kier molecular flexibility index (Phi) is 4.13. The number of rotatable bonds is 3. The Hall–Kier alpha value is -2.28. The highest BCUT2D eigenvalue weighted by molar-refractivity contribution is 6.10. The van der Waals surface area contributed by atoms with Gasteiger partial charge in [-0.2, -0.15) is 18.2 Å². The molecule has 0 amide bonds. The van der Waals surface area contributed by atoms with Crippen molar-refractivity contribution in [2.24, 2.45) is 4.99 Å². The lowest BCUT2D eigenvalue weighted by Gasteiger charge is -2.38. The Labute approximate surface area is 138 Å². The molecule has 24 heavy (non-hydrogen) atoms. The van der Waals surface area contributed by atoms with Gasteiger partial charge < -0.3 is 4.74 Å². The molecule has 7 heteroatoms. The number of fused-ring (bicyclic) bond motifs is 1. The van der Waals surface area contributed by atoms with Gasteiger partial charge in [0.25, 0.3) is 0 Å². The number of halogens is 3. The molecule has 0 unspecified atom stereocenters. The van der Waals surface area contributed by atoms with Gasteiger partial charge in [0.1, 0.15) is 17.6 Å². The highest BCUT2D eigenvalue weighted by atomic mass is 19.4. The van der Waals surface area contributed by atoms with E-state index in [0.29, 0.717) is 23.0 Å². The maximum absolute atomic E-state index is 13.1. The summed E-state index contributed by atoms with van der Waals surface area (Å²) in [6.45, 7) is 3.12. The highest BCUT2D eigenvalue weighted by Crippen LogP contribution is 2.34. The van der Waals surface area contributed by atoms with Gasteiger partial charge in [0.15, 0.2) is 0 Å². The average Bonchev–Trinajstić information content (AvgIpc) is 2.97. The summed E-state index contributed by atoms with van der Waals surface area (Å²) < 4.78 is 44.4. The van der Waals surface area contributed by atoms with Crippen molar-refractivity contribution in [3.8, 4) is 5.75 Å². The summed E-state index contributed by atoms with van der Waals surface area (Å²) in [7, 11) is 1.58. The van der Waals surface area contributed by atoms with Crippen molar-refractivity contribution in [2.75, 3.05) is 13.7 Å². The number of nitrogens with zero attached hydrogens (tertiary/aromatic N) is 3. The quantitative estimate of drug-likeness (QED) is 0.841. The van der Waals surface area contributed by atoms with Gasteiger partial charge in [0, 0.05) is 17.8 Å². The first-order valence-corrected chi connectivity index (χ1v) is 7.56. The molecular weight excluding hydrogens is 319 g/mol. The molecule has 1 aromatic carbocycles. The molecule has 0 saturated carbocycles. The van der Waals surface area contributed by atoms with Crippen molar-refractivity contribution in [1.82, 2.24) is 10.0 Å². The number of hydrogen-bond acceptors (Lipinski definition) is 4. The van der Waals surface area contributed by atoms with Crippen LogP contribution in [0.2, 0.25) is 0 Å². The van der Waals surface area contributed by atoms with Gasteiger partial charge in [-0.05, 0) is 38.1 Å². The lowest BCUT2D eigenvalue weighted by Crippen LogP contribution is -2.49. The predicted molar refractivity (Wildman–Crippen MR) is 85.4 cm³/mol. The summed E-state index contributed by atoms with van der Waals surface area (Å²) in [6, 6.07) is 5.85. The molecule has 128 valence electrons. The molecule has 0 N–H and O–H groups in total. The summed E-state index contributed by atoms with van der Waals surface area (Å²) in [5.41, 5.74) is 2.26. The molecule has 0 aliphatic carbocycles. The number of ether oxygens (including phenoxy) is 1. The van der Waals surface area contributed by atoms with E-state index in [-0.39, 0.29) is 6.54 Å². The van der Waals surface area contributed by atoms with Crippen molar-refractivity contribution in [2.45, 2.75) is 26.1 Å². The summed E-state index contributed by atoms with van der Waals surface area (Å²) in [4.78, 5) is 4.52. The molecular formula is C17H18F3N3O. The van der Waals surface area contributed by atoms with E-state index < -0.39 is 12.2 Å². The zero-order valence-electron chi connectivity index (χ0n) is 13.6. The van der Waals surface area contributed by atoms with Crippen molar-refractivity contribution in [3.05, 3.63) is 53.5 Å². The summed E-state index contributed by atoms with van der Waals surface area (Å²) in [6.07, 6.45) is -0.799. The Morgan fingerprint density at radius 2 is 2.04 bits per heavy atom. The van der Waals surface area contributed by atoms with Crippen LogP contribution in [-0.2, 0) is 0 Å². The SMILES string of the molecule is COc1cccc(C2=NC3=CCN([C@H](C)C(F)(F)F)N3C(C)=C2)c1. The van der Waals surface area contributed by atoms with E-state index in [2.05, 4.69) is 4.99 Å². The van der Waals surface area contributed by atoms with Gasteiger partial charge >= 0.3 is 6.18 Å². The van der Waals surface area contributed by atoms with Gasteiger partial charge in [-0.3, -0.25) is 5.01 Å². The van der Waals surface area contributed by atoms with Crippen LogP contribution in [-0.4, -0.2) is 41.6 Å². The van der Waals surface area contributed by atoms with E-state index >= 15 is 0 Å². The van der Waals surface area contributed by atoms with Crippen LogP contribution in [0.1, 0.15) is 19.4 Å². The fraction of sp³-hybridized carbons (Fsp3) is 0.353. The van der Waals surface area contributed by atoms with Crippen LogP contribution in [0.5, 0.6) is 5.75 Å². The lowest BCUT2D eigenvalue weighted by molar-refractivity contribution is -0.201. The van der Waals surface area contributed by atoms with Crippen LogP contribution in [0.4, 0.5) is 13.2 Å². The number of hydrazine groups is 1. The highest BCUT2D eigenvalue weighted by Gasteiger charge is 2.45. The molecule has 0 spiro atoms. The number of benzene rings is 1. The Morgan fingerprint density at radius 3 is 2.71 bits per heavy atom. The summed E-state index contributed by atoms with van der Waals surface area (Å²) in [5, 5.41) is 2.80. The fourth-order valence-corrected chi connectivity index (χ4v) is 2.80. The van der Waals surface area contributed by atoms with Gasteiger partial charge in [0.2, 0.25) is 0 Å². The number of allylic oxidation sites excluding steroid dienone is 2. The lowest BCUT2D eigenvalue weighted by atomic mass is 10.1. The second-order valence-corrected chi connectivity index (χ2v) is 5.73. The van der Waals surface area contributed by atoms with Gasteiger partial charge in [-0.25, -0.2) is 4.99 Å². The maximum atomic E-state index is 13.1. The summed E-state index contributed by atoms with van der Waals surface area (Å²) in [5.74, 6) is 1.22. The predicted octanol–water partition coefficient (Wildman–Crippen LogP) is 3.73. The molecule has 0 bridgehead atoms. The van der Waals surface area contributed by atoms with E-state index in [1.54, 1.807) is 26.2 Å². The molecule has 1 atom stereocenters. The minimum absolute atomic E-state index is 0.177. The Bertz CT molecular complexity index is 737. The maximum Gasteiger partial charge on any atom is 0.405 e. The molecule has 2 heterocycles. The standard InChI is InChI=1S/C17H18F3N3O/c1-11-9-15(13-5-4-6-14(10-13)24-3)21-16-7-8-22(23(11)16)12(2)17(18,19)20/h4-7,9-10,12H,8H2,1-3H3/t12-/m1/s1. The smallest absolute Gasteiger partial charge is 0.405 e. The van der Waals surface area contributed by atoms with Crippen LogP contribution in [0, 0.1) is 0 Å². The van der Waals surface area contributed by atoms with Crippen LogP contribution < -0.4 is 4.74 Å². The van der Waals surface area contributed by atoms with E-state index in [1.807, 2.05) is 24.3 Å². The molecule has 2 aliphatic heterocycles. The monoisotopic (exact) mass is 337 g/mol. The number of hydrogen-bond donors (Lipinski definition) is 0. The zero-order chi connectivity index (χ0) is 17.5.